The highest BCUT2D eigenvalue weighted by Crippen LogP contribution is 2.20. The van der Waals surface area contributed by atoms with Crippen molar-refractivity contribution in [3.05, 3.63) is 34.6 Å². The Hall–Kier alpha value is -1.38. The number of primary sulfonamides is 1. The average molecular weight is 426 g/mol. The minimum absolute atomic E-state index is 0.0262. The zero-order chi connectivity index (χ0) is 20.6. The Labute approximate surface area is 172 Å². The van der Waals surface area contributed by atoms with Crippen molar-refractivity contribution in [3.63, 3.8) is 0 Å². The third-order valence-electron chi connectivity index (χ3n) is 4.54. The lowest BCUT2D eigenvalue weighted by Crippen LogP contribution is -2.23. The van der Waals surface area contributed by atoms with E-state index >= 15 is 0 Å². The number of para-hydroxylation sites is 1. The van der Waals surface area contributed by atoms with Gasteiger partial charge in [-0.2, -0.15) is 0 Å². The molecule has 0 saturated carbocycles. The van der Waals surface area contributed by atoms with Crippen LogP contribution in [0.5, 0.6) is 0 Å². The molecule has 0 spiro atoms. The highest BCUT2D eigenvalue weighted by atomic mass is 32.2. The number of hydrogen-bond acceptors (Lipinski definition) is 5. The quantitative estimate of drug-likeness (QED) is 0.317. The maximum absolute atomic E-state index is 12.9. The Bertz CT molecular complexity index is 924. The zero-order valence-corrected chi connectivity index (χ0v) is 18.4. The van der Waals surface area contributed by atoms with Crippen molar-refractivity contribution in [2.24, 2.45) is 11.1 Å². The number of benzene rings is 1. The van der Waals surface area contributed by atoms with Gasteiger partial charge in [0.05, 0.1) is 16.7 Å². The minimum atomic E-state index is -3.46. The standard InChI is InChI=1S/C20H31N3O3S2/c1-16(2)10-5-3-4-8-13-23-19(24)17-11-6-7-12-18(17)22-20(23)27-14-9-15-28(21,25)26/h6-7,11-12,16H,3-5,8-10,13-15H2,1-2H3,(H2,21,25,26). The Kier molecular flexibility index (Phi) is 8.98. The van der Waals surface area contributed by atoms with Gasteiger partial charge in [-0.3, -0.25) is 9.36 Å². The van der Waals surface area contributed by atoms with Crippen molar-refractivity contribution in [1.82, 2.24) is 9.55 Å². The summed E-state index contributed by atoms with van der Waals surface area (Å²) < 4.78 is 24.0. The van der Waals surface area contributed by atoms with E-state index in [1.54, 1.807) is 10.6 Å². The molecule has 0 unspecified atom stereocenters. The maximum atomic E-state index is 12.9. The summed E-state index contributed by atoms with van der Waals surface area (Å²) in [5.41, 5.74) is 0.649. The predicted molar refractivity (Wildman–Crippen MR) is 117 cm³/mol. The first-order chi connectivity index (χ1) is 13.3. The van der Waals surface area contributed by atoms with Crippen LogP contribution in [-0.4, -0.2) is 29.5 Å². The molecule has 8 heteroatoms. The number of aromatic nitrogens is 2. The van der Waals surface area contributed by atoms with E-state index in [0.29, 0.717) is 34.8 Å². The first kappa shape index (κ1) is 22.9. The van der Waals surface area contributed by atoms with Crippen LogP contribution in [0, 0.1) is 5.92 Å². The van der Waals surface area contributed by atoms with Gasteiger partial charge in [-0.15, -0.1) is 0 Å². The Morgan fingerprint density at radius 3 is 2.54 bits per heavy atom. The molecule has 2 aromatic rings. The fourth-order valence-electron chi connectivity index (χ4n) is 3.05. The number of nitrogens with two attached hydrogens (primary N) is 1. The molecule has 1 aromatic heterocycles. The van der Waals surface area contributed by atoms with Gasteiger partial charge in [-0.05, 0) is 30.9 Å². The molecule has 28 heavy (non-hydrogen) atoms. The van der Waals surface area contributed by atoms with Crippen LogP contribution in [0.3, 0.4) is 0 Å². The Morgan fingerprint density at radius 1 is 1.11 bits per heavy atom. The van der Waals surface area contributed by atoms with E-state index in [1.165, 1.54) is 31.0 Å². The molecule has 0 aliphatic rings. The third kappa shape index (κ3) is 7.56. The van der Waals surface area contributed by atoms with Gasteiger partial charge < -0.3 is 0 Å². The topological polar surface area (TPSA) is 95.1 Å². The second kappa shape index (κ2) is 11.0. The fraction of sp³-hybridized carbons (Fsp3) is 0.600. The van der Waals surface area contributed by atoms with E-state index in [1.807, 2.05) is 18.2 Å². The van der Waals surface area contributed by atoms with Gasteiger partial charge >= 0.3 is 0 Å². The van der Waals surface area contributed by atoms with Crippen molar-refractivity contribution in [2.45, 2.75) is 64.1 Å². The van der Waals surface area contributed by atoms with Gasteiger partial charge in [0.1, 0.15) is 0 Å². The van der Waals surface area contributed by atoms with Crippen molar-refractivity contribution in [3.8, 4) is 0 Å². The lowest BCUT2D eigenvalue weighted by atomic mass is 10.0. The molecule has 6 nitrogen and oxygen atoms in total. The molecule has 2 rings (SSSR count). The summed E-state index contributed by atoms with van der Waals surface area (Å²) in [7, 11) is -3.46. The molecule has 0 fully saturated rings. The summed E-state index contributed by atoms with van der Waals surface area (Å²) in [5.74, 6) is 1.22. The highest BCUT2D eigenvalue weighted by molar-refractivity contribution is 7.99. The third-order valence-corrected chi connectivity index (χ3v) is 6.46. The number of fused-ring (bicyclic) bond motifs is 1. The van der Waals surface area contributed by atoms with Crippen LogP contribution in [-0.2, 0) is 16.6 Å². The molecule has 0 aliphatic heterocycles. The van der Waals surface area contributed by atoms with Crippen LogP contribution in [0.25, 0.3) is 10.9 Å². The molecule has 0 radical (unpaired) electrons. The van der Waals surface area contributed by atoms with E-state index < -0.39 is 10.0 Å². The first-order valence-electron chi connectivity index (χ1n) is 9.91. The lowest BCUT2D eigenvalue weighted by molar-refractivity contribution is 0.491. The van der Waals surface area contributed by atoms with Gasteiger partial charge in [0, 0.05) is 12.3 Å². The highest BCUT2D eigenvalue weighted by Gasteiger charge is 2.12. The smallest absolute Gasteiger partial charge is 0.262 e. The molecule has 0 saturated heterocycles. The number of rotatable bonds is 12. The van der Waals surface area contributed by atoms with Gasteiger partial charge in [-0.25, -0.2) is 18.5 Å². The van der Waals surface area contributed by atoms with Crippen LogP contribution in [0.4, 0.5) is 0 Å². The van der Waals surface area contributed by atoms with E-state index in [4.69, 9.17) is 5.14 Å². The maximum Gasteiger partial charge on any atom is 0.262 e. The summed E-state index contributed by atoms with van der Waals surface area (Å²) in [6.45, 7) is 5.11. The van der Waals surface area contributed by atoms with Crippen molar-refractivity contribution >= 4 is 32.7 Å². The number of hydrogen-bond donors (Lipinski definition) is 1. The monoisotopic (exact) mass is 425 g/mol. The fourth-order valence-corrected chi connectivity index (χ4v) is 4.75. The SMILES string of the molecule is CC(C)CCCCCCn1c(SCCCS(N)(=O)=O)nc2ccccc2c1=O. The zero-order valence-electron chi connectivity index (χ0n) is 16.8. The van der Waals surface area contributed by atoms with Gasteiger partial charge in [0.2, 0.25) is 10.0 Å². The van der Waals surface area contributed by atoms with Gasteiger partial charge in [0.15, 0.2) is 5.16 Å². The second-order valence-electron chi connectivity index (χ2n) is 7.53. The Balaban J connectivity index is 2.07. The van der Waals surface area contributed by atoms with Crippen molar-refractivity contribution < 1.29 is 8.42 Å². The summed E-state index contributed by atoms with van der Waals surface area (Å²) in [5, 5.41) is 6.33. The summed E-state index contributed by atoms with van der Waals surface area (Å²) in [6.07, 6.45) is 6.08. The van der Waals surface area contributed by atoms with Gasteiger partial charge in [-0.1, -0.05) is 63.4 Å². The molecule has 156 valence electrons. The summed E-state index contributed by atoms with van der Waals surface area (Å²) in [6, 6.07) is 7.35. The van der Waals surface area contributed by atoms with Crippen LogP contribution in [0.15, 0.2) is 34.2 Å². The normalized spacial score (nSPS) is 12.1. The number of nitrogens with zero attached hydrogens (tertiary/aromatic N) is 2. The minimum Gasteiger partial charge on any atom is -0.287 e. The van der Waals surface area contributed by atoms with E-state index in [-0.39, 0.29) is 11.3 Å². The molecular weight excluding hydrogens is 394 g/mol. The first-order valence-corrected chi connectivity index (χ1v) is 12.6. The predicted octanol–water partition coefficient (Wildman–Crippen LogP) is 3.77. The van der Waals surface area contributed by atoms with Crippen LogP contribution in [0.1, 0.15) is 52.4 Å². The van der Waals surface area contributed by atoms with Crippen LogP contribution < -0.4 is 10.7 Å². The van der Waals surface area contributed by atoms with Crippen molar-refractivity contribution in [2.75, 3.05) is 11.5 Å². The molecule has 0 atom stereocenters. The number of unbranched alkanes of at least 4 members (excludes halogenated alkanes) is 3. The molecule has 0 aliphatic carbocycles. The van der Waals surface area contributed by atoms with E-state index in [2.05, 4.69) is 18.8 Å². The molecule has 1 aromatic carbocycles. The van der Waals surface area contributed by atoms with Crippen LogP contribution >= 0.6 is 11.8 Å². The largest absolute Gasteiger partial charge is 0.287 e. The Morgan fingerprint density at radius 2 is 1.82 bits per heavy atom. The van der Waals surface area contributed by atoms with E-state index in [9.17, 15) is 13.2 Å². The number of sulfonamides is 1. The lowest BCUT2D eigenvalue weighted by Gasteiger charge is -2.13. The van der Waals surface area contributed by atoms with Gasteiger partial charge in [0.25, 0.3) is 5.56 Å². The summed E-state index contributed by atoms with van der Waals surface area (Å²) in [4.78, 5) is 17.6. The average Bonchev–Trinajstić information content (AvgIpc) is 2.62. The summed E-state index contributed by atoms with van der Waals surface area (Å²) >= 11 is 1.42. The molecule has 0 amide bonds. The molecular formula is C20H31N3O3S2. The molecule has 0 bridgehead atoms. The molecule has 1 heterocycles. The molecule has 2 N–H and O–H groups in total. The van der Waals surface area contributed by atoms with Crippen molar-refractivity contribution in [1.29, 1.82) is 0 Å². The van der Waals surface area contributed by atoms with E-state index in [0.717, 1.165) is 18.8 Å². The second-order valence-corrected chi connectivity index (χ2v) is 10.3. The number of thioether (sulfide) groups is 1. The van der Waals surface area contributed by atoms with Crippen LogP contribution in [0.2, 0.25) is 0 Å².